The molecule has 1 heterocycles. The number of halogens is 1. The van der Waals surface area contributed by atoms with Crippen molar-refractivity contribution in [3.05, 3.63) is 35.4 Å². The van der Waals surface area contributed by atoms with Crippen LogP contribution in [0, 0.1) is 6.92 Å². The molecule has 1 aliphatic heterocycles. The van der Waals surface area contributed by atoms with E-state index >= 15 is 0 Å². The van der Waals surface area contributed by atoms with Crippen LogP contribution in [-0.4, -0.2) is 30.6 Å². The number of carbonyl (C=O) groups is 2. The molecule has 1 aromatic rings. The number of primary amides is 1. The van der Waals surface area contributed by atoms with Crippen LogP contribution in [0.1, 0.15) is 30.0 Å². The second kappa shape index (κ2) is 8.12. The van der Waals surface area contributed by atoms with Crippen LogP contribution >= 0.6 is 12.4 Å². The van der Waals surface area contributed by atoms with Crippen molar-refractivity contribution in [3.8, 4) is 0 Å². The zero-order chi connectivity index (χ0) is 15.4. The smallest absolute Gasteiger partial charge is 0.246 e. The summed E-state index contributed by atoms with van der Waals surface area (Å²) >= 11 is 0. The van der Waals surface area contributed by atoms with Gasteiger partial charge in [-0.1, -0.05) is 29.8 Å². The van der Waals surface area contributed by atoms with Crippen molar-refractivity contribution in [1.29, 1.82) is 0 Å². The Morgan fingerprint density at radius 2 is 1.95 bits per heavy atom. The first-order valence-electron chi connectivity index (χ1n) is 7.02. The SMILES string of the molecule is Cc1ccc(C(N)C(=O)NCC2CCC(C(N)=O)O2)cc1.Cl. The lowest BCUT2D eigenvalue weighted by Crippen LogP contribution is -2.39. The number of amides is 2. The highest BCUT2D eigenvalue weighted by Gasteiger charge is 2.29. The number of benzene rings is 1. The Morgan fingerprint density at radius 1 is 1.32 bits per heavy atom. The number of nitrogens with two attached hydrogens (primary N) is 2. The van der Waals surface area contributed by atoms with E-state index in [4.69, 9.17) is 16.2 Å². The third-order valence-electron chi connectivity index (χ3n) is 3.65. The predicted octanol–water partition coefficient (Wildman–Crippen LogP) is 0.566. The summed E-state index contributed by atoms with van der Waals surface area (Å²) < 4.78 is 5.44. The van der Waals surface area contributed by atoms with Crippen molar-refractivity contribution in [2.45, 2.75) is 38.0 Å². The molecule has 0 aromatic heterocycles. The molecule has 3 atom stereocenters. The maximum absolute atomic E-state index is 12.0. The summed E-state index contributed by atoms with van der Waals surface area (Å²) in [5, 5.41) is 2.76. The first-order valence-corrected chi connectivity index (χ1v) is 7.02. The maximum Gasteiger partial charge on any atom is 0.246 e. The number of nitrogens with one attached hydrogen (secondary N) is 1. The molecule has 22 heavy (non-hydrogen) atoms. The first-order chi connectivity index (χ1) is 9.97. The molecule has 0 aliphatic carbocycles. The molecule has 1 fully saturated rings. The second-order valence-electron chi connectivity index (χ2n) is 5.36. The molecule has 1 saturated heterocycles. The van der Waals surface area contributed by atoms with E-state index in [0.29, 0.717) is 19.4 Å². The monoisotopic (exact) mass is 327 g/mol. The van der Waals surface area contributed by atoms with Crippen molar-refractivity contribution in [2.24, 2.45) is 11.5 Å². The standard InChI is InChI=1S/C15H21N3O3.ClH/c1-9-2-4-10(5-3-9)13(16)15(20)18-8-11-6-7-12(21-11)14(17)19;/h2-5,11-13H,6-8,16H2,1H3,(H2,17,19)(H,18,20);1H. The number of rotatable bonds is 5. The summed E-state index contributed by atoms with van der Waals surface area (Å²) in [6.07, 6.45) is 0.572. The minimum absolute atomic E-state index is 0. The molecule has 0 saturated carbocycles. The van der Waals surface area contributed by atoms with Crippen LogP contribution in [0.5, 0.6) is 0 Å². The Hall–Kier alpha value is -1.63. The van der Waals surface area contributed by atoms with Crippen LogP contribution in [0.4, 0.5) is 0 Å². The van der Waals surface area contributed by atoms with E-state index in [1.54, 1.807) is 0 Å². The van der Waals surface area contributed by atoms with Crippen LogP contribution in [0.3, 0.4) is 0 Å². The van der Waals surface area contributed by atoms with Crippen LogP contribution in [0.25, 0.3) is 0 Å². The van der Waals surface area contributed by atoms with Gasteiger partial charge in [-0.15, -0.1) is 12.4 Å². The van der Waals surface area contributed by atoms with Crippen molar-refractivity contribution in [3.63, 3.8) is 0 Å². The van der Waals surface area contributed by atoms with E-state index in [1.807, 2.05) is 31.2 Å². The van der Waals surface area contributed by atoms with Gasteiger partial charge in [0.2, 0.25) is 11.8 Å². The van der Waals surface area contributed by atoms with Gasteiger partial charge in [-0.05, 0) is 25.3 Å². The number of aryl methyl sites for hydroxylation is 1. The number of ether oxygens (including phenoxy) is 1. The Kier molecular flexibility index (Phi) is 6.80. The summed E-state index contributed by atoms with van der Waals surface area (Å²) in [6.45, 7) is 2.31. The van der Waals surface area contributed by atoms with Gasteiger partial charge in [-0.25, -0.2) is 0 Å². The summed E-state index contributed by atoms with van der Waals surface area (Å²) in [6, 6.07) is 6.81. The molecule has 0 spiro atoms. The van der Waals surface area contributed by atoms with E-state index in [2.05, 4.69) is 5.32 Å². The van der Waals surface area contributed by atoms with Crippen LogP contribution in [0.15, 0.2) is 24.3 Å². The molecule has 7 heteroatoms. The van der Waals surface area contributed by atoms with Gasteiger partial charge >= 0.3 is 0 Å². The Bertz CT molecular complexity index is 521. The van der Waals surface area contributed by atoms with Crippen LogP contribution in [-0.2, 0) is 14.3 Å². The maximum atomic E-state index is 12.0. The average molecular weight is 328 g/mol. The highest BCUT2D eigenvalue weighted by molar-refractivity contribution is 5.85. The van der Waals surface area contributed by atoms with Crippen molar-refractivity contribution >= 4 is 24.2 Å². The molecule has 3 unspecified atom stereocenters. The van der Waals surface area contributed by atoms with Gasteiger partial charge in [0.25, 0.3) is 0 Å². The zero-order valence-corrected chi connectivity index (χ0v) is 13.3. The van der Waals surface area contributed by atoms with Gasteiger partial charge in [-0.2, -0.15) is 0 Å². The Balaban J connectivity index is 0.00000242. The average Bonchev–Trinajstić information content (AvgIpc) is 2.94. The molecule has 5 N–H and O–H groups in total. The molecular formula is C15H22ClN3O3. The summed E-state index contributed by atoms with van der Waals surface area (Å²) in [7, 11) is 0. The summed E-state index contributed by atoms with van der Waals surface area (Å²) in [5.74, 6) is -0.717. The normalized spacial score (nSPS) is 21.7. The van der Waals surface area contributed by atoms with E-state index < -0.39 is 18.1 Å². The highest BCUT2D eigenvalue weighted by Crippen LogP contribution is 2.19. The fourth-order valence-electron chi connectivity index (χ4n) is 2.31. The summed E-state index contributed by atoms with van der Waals surface area (Å²) in [5.41, 5.74) is 13.0. The third kappa shape index (κ3) is 4.69. The largest absolute Gasteiger partial charge is 0.367 e. The fourth-order valence-corrected chi connectivity index (χ4v) is 2.31. The van der Waals surface area contributed by atoms with Gasteiger partial charge in [0.05, 0.1) is 6.10 Å². The predicted molar refractivity (Wildman–Crippen MR) is 85.5 cm³/mol. The number of carbonyl (C=O) groups excluding carboxylic acids is 2. The van der Waals surface area contributed by atoms with Crippen LogP contribution < -0.4 is 16.8 Å². The third-order valence-corrected chi connectivity index (χ3v) is 3.65. The van der Waals surface area contributed by atoms with Crippen molar-refractivity contribution < 1.29 is 14.3 Å². The second-order valence-corrected chi connectivity index (χ2v) is 5.36. The molecule has 1 aliphatic rings. The summed E-state index contributed by atoms with van der Waals surface area (Å²) in [4.78, 5) is 23.0. The molecule has 0 radical (unpaired) electrons. The lowest BCUT2D eigenvalue weighted by atomic mass is 10.1. The van der Waals surface area contributed by atoms with Gasteiger partial charge in [0.1, 0.15) is 12.1 Å². The van der Waals surface area contributed by atoms with Crippen LogP contribution in [0.2, 0.25) is 0 Å². The topological polar surface area (TPSA) is 107 Å². The minimum Gasteiger partial charge on any atom is -0.367 e. The molecule has 6 nitrogen and oxygen atoms in total. The van der Waals surface area contributed by atoms with Gasteiger partial charge in [0.15, 0.2) is 0 Å². The first kappa shape index (κ1) is 18.4. The lowest BCUT2D eigenvalue weighted by Gasteiger charge is -2.16. The fraction of sp³-hybridized carbons (Fsp3) is 0.467. The van der Waals surface area contributed by atoms with Gasteiger partial charge in [-0.3, -0.25) is 9.59 Å². The minimum atomic E-state index is -0.709. The molecule has 2 rings (SSSR count). The van der Waals surface area contributed by atoms with E-state index in [0.717, 1.165) is 11.1 Å². The highest BCUT2D eigenvalue weighted by atomic mass is 35.5. The Morgan fingerprint density at radius 3 is 2.50 bits per heavy atom. The lowest BCUT2D eigenvalue weighted by molar-refractivity contribution is -0.128. The van der Waals surface area contributed by atoms with E-state index in [9.17, 15) is 9.59 Å². The Labute approximate surface area is 136 Å². The molecule has 1 aromatic carbocycles. The molecule has 122 valence electrons. The number of hydrogen-bond donors (Lipinski definition) is 3. The van der Waals surface area contributed by atoms with E-state index in [1.165, 1.54) is 0 Å². The van der Waals surface area contributed by atoms with E-state index in [-0.39, 0.29) is 24.4 Å². The number of hydrogen-bond acceptors (Lipinski definition) is 4. The van der Waals surface area contributed by atoms with Gasteiger partial charge in [0, 0.05) is 6.54 Å². The molecule has 0 bridgehead atoms. The van der Waals surface area contributed by atoms with Crippen molar-refractivity contribution in [2.75, 3.05) is 6.54 Å². The quantitative estimate of drug-likeness (QED) is 0.734. The zero-order valence-electron chi connectivity index (χ0n) is 12.5. The molecular weight excluding hydrogens is 306 g/mol. The van der Waals surface area contributed by atoms with Gasteiger partial charge < -0.3 is 21.5 Å². The molecule has 2 amide bonds. The van der Waals surface area contributed by atoms with Crippen molar-refractivity contribution in [1.82, 2.24) is 5.32 Å².